The van der Waals surface area contributed by atoms with Gasteiger partial charge in [-0.05, 0) is 45.1 Å². The molecule has 7 nitrogen and oxygen atoms in total. The van der Waals surface area contributed by atoms with Crippen molar-refractivity contribution in [3.8, 4) is 5.75 Å². The van der Waals surface area contributed by atoms with Crippen molar-refractivity contribution in [3.05, 3.63) is 42.4 Å². The molecule has 0 saturated carbocycles. The topological polar surface area (TPSA) is 79.4 Å². The molecule has 0 aliphatic heterocycles. The van der Waals surface area contributed by atoms with Crippen LogP contribution in [0.5, 0.6) is 5.75 Å². The average Bonchev–Trinajstić information content (AvgIpc) is 2.54. The van der Waals surface area contributed by atoms with E-state index in [-0.39, 0.29) is 6.03 Å². The molecule has 0 radical (unpaired) electrons. The van der Waals surface area contributed by atoms with Gasteiger partial charge in [0.15, 0.2) is 5.82 Å². The van der Waals surface area contributed by atoms with E-state index in [2.05, 4.69) is 25.5 Å². The Morgan fingerprint density at radius 3 is 2.79 bits per heavy atom. The van der Waals surface area contributed by atoms with Crippen LogP contribution >= 0.6 is 0 Å². The fourth-order valence-corrected chi connectivity index (χ4v) is 2.06. The molecular formula is C17H23N5O2. The molecule has 0 atom stereocenters. The number of aryl methyl sites for hydroxylation is 1. The molecular weight excluding hydrogens is 306 g/mol. The second-order valence-corrected chi connectivity index (χ2v) is 5.67. The van der Waals surface area contributed by atoms with Crippen LogP contribution in [0.25, 0.3) is 0 Å². The molecule has 2 rings (SSSR count). The molecule has 7 heteroatoms. The minimum absolute atomic E-state index is 0.385. The predicted octanol–water partition coefficient (Wildman–Crippen LogP) is 2.76. The molecule has 0 spiro atoms. The van der Waals surface area contributed by atoms with Gasteiger partial charge in [-0.3, -0.25) is 10.3 Å². The smallest absolute Gasteiger partial charge is 0.324 e. The van der Waals surface area contributed by atoms with Crippen molar-refractivity contribution in [2.45, 2.75) is 13.3 Å². The molecule has 0 fully saturated rings. The largest absolute Gasteiger partial charge is 0.491 e. The molecule has 1 aromatic heterocycles. The molecule has 24 heavy (non-hydrogen) atoms. The Hall–Kier alpha value is -2.67. The van der Waals surface area contributed by atoms with E-state index in [9.17, 15) is 4.79 Å². The second kappa shape index (κ2) is 8.83. The lowest BCUT2D eigenvalue weighted by molar-refractivity contribution is 0.261. The van der Waals surface area contributed by atoms with E-state index < -0.39 is 0 Å². The summed E-state index contributed by atoms with van der Waals surface area (Å²) < 4.78 is 5.80. The summed E-state index contributed by atoms with van der Waals surface area (Å²) in [5.74, 6) is 1.03. The van der Waals surface area contributed by atoms with Crippen LogP contribution in [0.4, 0.5) is 16.3 Å². The highest BCUT2D eigenvalue weighted by molar-refractivity contribution is 6.00. The third-order valence-electron chi connectivity index (χ3n) is 3.20. The second-order valence-electron chi connectivity index (χ2n) is 5.67. The van der Waals surface area contributed by atoms with E-state index in [0.717, 1.165) is 18.5 Å². The van der Waals surface area contributed by atoms with Crippen molar-refractivity contribution in [1.29, 1.82) is 0 Å². The highest BCUT2D eigenvalue weighted by Gasteiger charge is 2.09. The van der Waals surface area contributed by atoms with Crippen molar-refractivity contribution in [2.75, 3.05) is 37.9 Å². The van der Waals surface area contributed by atoms with Gasteiger partial charge >= 0.3 is 6.03 Å². The van der Waals surface area contributed by atoms with E-state index in [4.69, 9.17) is 4.74 Å². The third kappa shape index (κ3) is 5.85. The van der Waals surface area contributed by atoms with Crippen LogP contribution in [0.1, 0.15) is 12.0 Å². The number of benzene rings is 1. The van der Waals surface area contributed by atoms with Crippen molar-refractivity contribution < 1.29 is 9.53 Å². The Balaban J connectivity index is 1.97. The van der Waals surface area contributed by atoms with Crippen LogP contribution in [0, 0.1) is 6.92 Å². The maximum Gasteiger partial charge on any atom is 0.324 e. The summed E-state index contributed by atoms with van der Waals surface area (Å²) in [6.07, 6.45) is 5.45. The summed E-state index contributed by atoms with van der Waals surface area (Å²) in [5.41, 5.74) is 1.66. The first-order chi connectivity index (χ1) is 11.5. The Morgan fingerprint density at radius 1 is 1.25 bits per heavy atom. The summed E-state index contributed by atoms with van der Waals surface area (Å²) in [6, 6.07) is 5.30. The first-order valence-electron chi connectivity index (χ1n) is 7.77. The number of urea groups is 1. The van der Waals surface area contributed by atoms with Gasteiger partial charge in [0.05, 0.1) is 18.5 Å². The van der Waals surface area contributed by atoms with Crippen LogP contribution in [-0.2, 0) is 0 Å². The van der Waals surface area contributed by atoms with Gasteiger partial charge < -0.3 is 15.0 Å². The van der Waals surface area contributed by atoms with Gasteiger partial charge in [-0.1, -0.05) is 6.07 Å². The number of rotatable bonds is 7. The van der Waals surface area contributed by atoms with Gasteiger partial charge in [-0.25, -0.2) is 9.78 Å². The molecule has 128 valence electrons. The minimum atomic E-state index is -0.390. The first kappa shape index (κ1) is 17.7. The first-order valence-corrected chi connectivity index (χ1v) is 7.77. The van der Waals surface area contributed by atoms with Crippen LogP contribution in [-0.4, -0.2) is 48.1 Å². The molecule has 1 heterocycles. The van der Waals surface area contributed by atoms with Gasteiger partial charge in [0.25, 0.3) is 0 Å². The molecule has 0 saturated heterocycles. The van der Waals surface area contributed by atoms with Gasteiger partial charge in [-0.15, -0.1) is 0 Å². The molecule has 0 aliphatic carbocycles. The lowest BCUT2D eigenvalue weighted by atomic mass is 10.2. The van der Waals surface area contributed by atoms with Crippen molar-refractivity contribution in [2.24, 2.45) is 0 Å². The number of carbonyl (C=O) groups is 1. The van der Waals surface area contributed by atoms with E-state index in [1.165, 1.54) is 12.4 Å². The average molecular weight is 329 g/mol. The number of nitrogens with zero attached hydrogens (tertiary/aromatic N) is 3. The molecule has 2 aromatic rings. The molecule has 0 bridgehead atoms. The summed E-state index contributed by atoms with van der Waals surface area (Å²) in [5, 5.41) is 5.43. The van der Waals surface area contributed by atoms with Crippen LogP contribution < -0.4 is 15.4 Å². The predicted molar refractivity (Wildman–Crippen MR) is 94.5 cm³/mol. The van der Waals surface area contributed by atoms with E-state index in [0.29, 0.717) is 23.9 Å². The van der Waals surface area contributed by atoms with Crippen LogP contribution in [0.15, 0.2) is 36.8 Å². The number of ether oxygens (including phenoxy) is 1. The number of carbonyl (C=O) groups excluding carboxylic acids is 1. The molecule has 2 N–H and O–H groups in total. The number of hydrogen-bond acceptors (Lipinski definition) is 5. The molecule has 1 aromatic carbocycles. The van der Waals surface area contributed by atoms with Gasteiger partial charge in [0.1, 0.15) is 5.75 Å². The van der Waals surface area contributed by atoms with E-state index >= 15 is 0 Å². The maximum atomic E-state index is 12.1. The van der Waals surface area contributed by atoms with E-state index in [1.54, 1.807) is 6.20 Å². The summed E-state index contributed by atoms with van der Waals surface area (Å²) in [7, 11) is 4.05. The van der Waals surface area contributed by atoms with Crippen molar-refractivity contribution >= 4 is 17.5 Å². The summed E-state index contributed by atoms with van der Waals surface area (Å²) >= 11 is 0. The summed E-state index contributed by atoms with van der Waals surface area (Å²) in [6.45, 7) is 3.49. The maximum absolute atomic E-state index is 12.1. The highest BCUT2D eigenvalue weighted by atomic mass is 16.5. The minimum Gasteiger partial charge on any atom is -0.491 e. The Kier molecular flexibility index (Phi) is 6.51. The number of amides is 2. The van der Waals surface area contributed by atoms with Crippen molar-refractivity contribution in [1.82, 2.24) is 14.9 Å². The van der Waals surface area contributed by atoms with E-state index in [1.807, 2.05) is 39.2 Å². The Labute approximate surface area is 142 Å². The van der Waals surface area contributed by atoms with Crippen LogP contribution in [0.3, 0.4) is 0 Å². The Bertz CT molecular complexity index is 661. The third-order valence-corrected chi connectivity index (χ3v) is 3.20. The molecule has 0 unspecified atom stereocenters. The van der Waals surface area contributed by atoms with Gasteiger partial charge in [0.2, 0.25) is 0 Å². The summed E-state index contributed by atoms with van der Waals surface area (Å²) in [4.78, 5) is 22.1. The standard InChI is InChI=1S/C17H23N5O2/c1-13-5-6-15(24-10-4-9-22(2)3)14(11-13)20-17(23)21-16-12-18-7-8-19-16/h5-8,11-12H,4,9-10H2,1-3H3,(H2,19,20,21,23). The zero-order valence-corrected chi connectivity index (χ0v) is 14.2. The monoisotopic (exact) mass is 329 g/mol. The van der Waals surface area contributed by atoms with Crippen molar-refractivity contribution in [3.63, 3.8) is 0 Å². The zero-order chi connectivity index (χ0) is 17.4. The number of aromatic nitrogens is 2. The van der Waals surface area contributed by atoms with Gasteiger partial charge in [0, 0.05) is 18.9 Å². The quantitative estimate of drug-likeness (QED) is 0.764. The zero-order valence-electron chi connectivity index (χ0n) is 14.2. The lowest BCUT2D eigenvalue weighted by Gasteiger charge is -2.15. The number of anilines is 2. The van der Waals surface area contributed by atoms with Gasteiger partial charge in [-0.2, -0.15) is 0 Å². The fraction of sp³-hybridized carbons (Fsp3) is 0.353. The number of nitrogens with one attached hydrogen (secondary N) is 2. The SMILES string of the molecule is Cc1ccc(OCCCN(C)C)c(NC(=O)Nc2cnccn2)c1. The van der Waals surface area contributed by atoms with Crippen LogP contribution in [0.2, 0.25) is 0 Å². The number of hydrogen-bond donors (Lipinski definition) is 2. The highest BCUT2D eigenvalue weighted by Crippen LogP contribution is 2.26. The normalized spacial score (nSPS) is 10.5. The molecule has 2 amide bonds. The lowest BCUT2D eigenvalue weighted by Crippen LogP contribution is -2.21. The fourth-order valence-electron chi connectivity index (χ4n) is 2.06. The molecule has 0 aliphatic rings. The Morgan fingerprint density at radius 2 is 2.08 bits per heavy atom.